The van der Waals surface area contributed by atoms with E-state index in [0.717, 1.165) is 5.01 Å². The lowest BCUT2D eigenvalue weighted by atomic mass is 10.3. The van der Waals surface area contributed by atoms with Crippen LogP contribution in [0.15, 0.2) is 0 Å². The molecule has 1 aromatic rings. The summed E-state index contributed by atoms with van der Waals surface area (Å²) in [4.78, 5) is 16.3. The van der Waals surface area contributed by atoms with Gasteiger partial charge in [0.2, 0.25) is 0 Å². The van der Waals surface area contributed by atoms with Gasteiger partial charge in [0.15, 0.2) is 0 Å². The summed E-state index contributed by atoms with van der Waals surface area (Å²) in [5.41, 5.74) is 6.31. The van der Waals surface area contributed by atoms with Crippen molar-refractivity contribution in [2.75, 3.05) is 14.2 Å². The van der Waals surface area contributed by atoms with Crippen LogP contribution in [0.3, 0.4) is 0 Å². The van der Waals surface area contributed by atoms with Gasteiger partial charge in [-0.15, -0.1) is 11.3 Å². The standard InChI is InChI=1S/C10H16N2O3S/c1-6(11)4-8-12-7(5-14-2)9(16-8)10(13)15-3/h6H,4-5,11H2,1-3H3. The Kier molecular flexibility index (Phi) is 4.85. The maximum absolute atomic E-state index is 11.5. The first-order valence-corrected chi connectivity index (χ1v) is 5.71. The summed E-state index contributed by atoms with van der Waals surface area (Å²) < 4.78 is 9.67. The fourth-order valence-corrected chi connectivity index (χ4v) is 2.38. The summed E-state index contributed by atoms with van der Waals surface area (Å²) in [5.74, 6) is -0.375. The number of thiazole rings is 1. The highest BCUT2D eigenvalue weighted by Crippen LogP contribution is 2.21. The molecular weight excluding hydrogens is 228 g/mol. The van der Waals surface area contributed by atoms with Crippen LogP contribution in [0.4, 0.5) is 0 Å². The van der Waals surface area contributed by atoms with Crippen LogP contribution in [0.25, 0.3) is 0 Å². The molecule has 0 aliphatic carbocycles. The van der Waals surface area contributed by atoms with Crippen molar-refractivity contribution in [1.29, 1.82) is 0 Å². The number of carbonyl (C=O) groups excluding carboxylic acids is 1. The fraction of sp³-hybridized carbons (Fsp3) is 0.600. The molecule has 0 saturated heterocycles. The molecule has 0 radical (unpaired) electrons. The molecule has 1 unspecified atom stereocenters. The molecule has 0 aliphatic rings. The van der Waals surface area contributed by atoms with E-state index in [1.165, 1.54) is 18.4 Å². The number of methoxy groups -OCH3 is 2. The molecule has 5 nitrogen and oxygen atoms in total. The van der Waals surface area contributed by atoms with Crippen LogP contribution in [0.1, 0.15) is 27.3 Å². The fourth-order valence-electron chi connectivity index (χ4n) is 1.25. The second-order valence-corrected chi connectivity index (χ2v) is 4.57. The Balaban J connectivity index is 2.95. The largest absolute Gasteiger partial charge is 0.465 e. The van der Waals surface area contributed by atoms with E-state index in [1.54, 1.807) is 7.11 Å². The predicted octanol–water partition coefficient (Wildman–Crippen LogP) is 0.966. The molecule has 6 heteroatoms. The lowest BCUT2D eigenvalue weighted by Gasteiger charge is -1.98. The van der Waals surface area contributed by atoms with E-state index in [0.29, 0.717) is 23.6 Å². The first kappa shape index (κ1) is 13.1. The van der Waals surface area contributed by atoms with Crippen LogP contribution in [-0.4, -0.2) is 31.2 Å². The number of nitrogens with two attached hydrogens (primary N) is 1. The Morgan fingerprint density at radius 1 is 1.56 bits per heavy atom. The molecule has 1 aromatic heterocycles. The number of hydrogen-bond acceptors (Lipinski definition) is 6. The third kappa shape index (κ3) is 3.26. The topological polar surface area (TPSA) is 74.4 Å². The number of hydrogen-bond donors (Lipinski definition) is 1. The molecule has 2 N–H and O–H groups in total. The second-order valence-electron chi connectivity index (χ2n) is 3.49. The number of nitrogens with zero attached hydrogens (tertiary/aromatic N) is 1. The van der Waals surface area contributed by atoms with Gasteiger partial charge in [-0.25, -0.2) is 9.78 Å². The zero-order valence-corrected chi connectivity index (χ0v) is 10.5. The van der Waals surface area contributed by atoms with Crippen molar-refractivity contribution in [2.24, 2.45) is 5.73 Å². The zero-order chi connectivity index (χ0) is 12.1. The Morgan fingerprint density at radius 2 is 2.25 bits per heavy atom. The summed E-state index contributed by atoms with van der Waals surface area (Å²) in [6.07, 6.45) is 0.651. The van der Waals surface area contributed by atoms with Crippen molar-refractivity contribution in [3.05, 3.63) is 15.6 Å². The molecule has 1 atom stereocenters. The molecule has 0 aromatic carbocycles. The van der Waals surface area contributed by atoms with Gasteiger partial charge in [0.05, 0.1) is 24.4 Å². The van der Waals surface area contributed by atoms with Crippen LogP contribution < -0.4 is 5.73 Å². The van der Waals surface area contributed by atoms with Crippen LogP contribution in [0, 0.1) is 0 Å². The quantitative estimate of drug-likeness (QED) is 0.781. The maximum atomic E-state index is 11.5. The summed E-state index contributed by atoms with van der Waals surface area (Å²) in [6, 6.07) is 0.0204. The van der Waals surface area contributed by atoms with Gasteiger partial charge >= 0.3 is 5.97 Å². The van der Waals surface area contributed by atoms with Crippen LogP contribution >= 0.6 is 11.3 Å². The molecule has 16 heavy (non-hydrogen) atoms. The van der Waals surface area contributed by atoms with Gasteiger partial charge in [-0.05, 0) is 6.92 Å². The molecular formula is C10H16N2O3S. The number of rotatable bonds is 5. The summed E-state index contributed by atoms with van der Waals surface area (Å²) in [7, 11) is 2.91. The van der Waals surface area contributed by atoms with Gasteiger partial charge in [-0.1, -0.05) is 0 Å². The maximum Gasteiger partial charge on any atom is 0.350 e. The molecule has 0 fully saturated rings. The van der Waals surface area contributed by atoms with Gasteiger partial charge in [-0.2, -0.15) is 0 Å². The lowest BCUT2D eigenvalue weighted by Crippen LogP contribution is -2.17. The van der Waals surface area contributed by atoms with Gasteiger partial charge in [0.25, 0.3) is 0 Å². The van der Waals surface area contributed by atoms with Crippen molar-refractivity contribution in [2.45, 2.75) is 26.0 Å². The van der Waals surface area contributed by atoms with Gasteiger partial charge in [0.1, 0.15) is 4.88 Å². The Bertz CT molecular complexity index is 363. The number of ether oxygens (including phenoxy) is 2. The minimum atomic E-state index is -0.375. The van der Waals surface area contributed by atoms with Crippen molar-refractivity contribution in [1.82, 2.24) is 4.98 Å². The molecule has 0 bridgehead atoms. The number of esters is 1. The third-order valence-electron chi connectivity index (χ3n) is 1.89. The van der Waals surface area contributed by atoms with E-state index in [1.807, 2.05) is 6.92 Å². The van der Waals surface area contributed by atoms with E-state index in [-0.39, 0.29) is 12.0 Å². The molecule has 0 saturated carbocycles. The summed E-state index contributed by atoms with van der Waals surface area (Å²) >= 11 is 1.31. The van der Waals surface area contributed by atoms with Crippen LogP contribution in [0.2, 0.25) is 0 Å². The summed E-state index contributed by atoms with van der Waals surface area (Å²) in [5, 5.41) is 0.836. The molecule has 1 heterocycles. The number of carbonyl (C=O) groups is 1. The Labute approximate surface area is 98.6 Å². The van der Waals surface area contributed by atoms with Crippen LogP contribution in [0.5, 0.6) is 0 Å². The van der Waals surface area contributed by atoms with Gasteiger partial charge in [-0.3, -0.25) is 0 Å². The molecule has 0 aliphatic heterocycles. The highest BCUT2D eigenvalue weighted by atomic mass is 32.1. The minimum absolute atomic E-state index is 0.0204. The second kappa shape index (κ2) is 5.93. The van der Waals surface area contributed by atoms with Crippen molar-refractivity contribution >= 4 is 17.3 Å². The smallest absolute Gasteiger partial charge is 0.350 e. The normalized spacial score (nSPS) is 12.5. The highest BCUT2D eigenvalue weighted by Gasteiger charge is 2.18. The number of aromatic nitrogens is 1. The highest BCUT2D eigenvalue weighted by molar-refractivity contribution is 7.13. The Morgan fingerprint density at radius 3 is 2.75 bits per heavy atom. The van der Waals surface area contributed by atoms with E-state index in [2.05, 4.69) is 9.72 Å². The first-order chi connectivity index (χ1) is 7.58. The summed E-state index contributed by atoms with van der Waals surface area (Å²) in [6.45, 7) is 2.20. The molecule has 90 valence electrons. The van der Waals surface area contributed by atoms with Gasteiger partial charge < -0.3 is 15.2 Å². The van der Waals surface area contributed by atoms with E-state index in [9.17, 15) is 4.79 Å². The minimum Gasteiger partial charge on any atom is -0.465 e. The average molecular weight is 244 g/mol. The van der Waals surface area contributed by atoms with E-state index < -0.39 is 0 Å². The Hall–Kier alpha value is -0.980. The average Bonchev–Trinajstić information content (AvgIpc) is 2.59. The zero-order valence-electron chi connectivity index (χ0n) is 9.65. The van der Waals surface area contributed by atoms with Crippen molar-refractivity contribution < 1.29 is 14.3 Å². The molecule has 0 amide bonds. The van der Waals surface area contributed by atoms with E-state index >= 15 is 0 Å². The van der Waals surface area contributed by atoms with Crippen LogP contribution in [-0.2, 0) is 22.5 Å². The molecule has 1 rings (SSSR count). The van der Waals surface area contributed by atoms with Crippen molar-refractivity contribution in [3.63, 3.8) is 0 Å². The first-order valence-electron chi connectivity index (χ1n) is 4.89. The van der Waals surface area contributed by atoms with Crippen molar-refractivity contribution in [3.8, 4) is 0 Å². The monoisotopic (exact) mass is 244 g/mol. The third-order valence-corrected chi connectivity index (χ3v) is 2.99. The lowest BCUT2D eigenvalue weighted by molar-refractivity contribution is 0.0601. The SMILES string of the molecule is COCc1nc(CC(C)N)sc1C(=O)OC. The van der Waals surface area contributed by atoms with Gasteiger partial charge in [0, 0.05) is 19.6 Å². The van der Waals surface area contributed by atoms with E-state index in [4.69, 9.17) is 10.5 Å². The molecule has 0 spiro atoms. The predicted molar refractivity (Wildman–Crippen MR) is 61.5 cm³/mol.